The Bertz CT molecular complexity index is 1540. The topological polar surface area (TPSA) is 115 Å². The van der Waals surface area contributed by atoms with E-state index in [1.165, 1.54) is 22.1 Å². The number of rotatable bonds is 10. The summed E-state index contributed by atoms with van der Waals surface area (Å²) in [7, 11) is 0. The Labute approximate surface area is 235 Å². The van der Waals surface area contributed by atoms with Crippen LogP contribution in [0.1, 0.15) is 41.2 Å². The lowest BCUT2D eigenvalue weighted by Gasteiger charge is -2.20. The number of thiazole rings is 1. The number of hydrogen-bond acceptors (Lipinski definition) is 7. The van der Waals surface area contributed by atoms with Crippen molar-refractivity contribution in [1.29, 1.82) is 0 Å². The molecular formula is C30H29N3O6S. The van der Waals surface area contributed by atoms with Gasteiger partial charge in [0.2, 0.25) is 5.88 Å². The Balaban J connectivity index is 1.25. The van der Waals surface area contributed by atoms with Crippen LogP contribution in [-0.2, 0) is 6.42 Å². The van der Waals surface area contributed by atoms with Crippen molar-refractivity contribution in [3.8, 4) is 22.8 Å². The van der Waals surface area contributed by atoms with Gasteiger partial charge in [-0.2, -0.15) is 0 Å². The summed E-state index contributed by atoms with van der Waals surface area (Å²) in [4.78, 5) is 37.4. The number of carbonyl (C=O) groups is 1. The van der Waals surface area contributed by atoms with Gasteiger partial charge in [-0.1, -0.05) is 47.7 Å². The molecule has 1 atom stereocenters. The minimum atomic E-state index is -0.425. The number of ether oxygens (including phenoxy) is 1. The van der Waals surface area contributed by atoms with Crippen LogP contribution in [-0.4, -0.2) is 45.1 Å². The number of nitro groups is 1. The quantitative estimate of drug-likeness (QED) is 0.198. The molecule has 2 heterocycles. The lowest BCUT2D eigenvalue weighted by atomic mass is 10.0. The summed E-state index contributed by atoms with van der Waals surface area (Å²) in [5, 5.41) is 22.9. The number of amides is 1. The summed E-state index contributed by atoms with van der Waals surface area (Å²) in [5.74, 6) is 0.532. The van der Waals surface area contributed by atoms with Gasteiger partial charge in [-0.15, -0.1) is 0 Å². The molecule has 10 heteroatoms. The third-order valence-electron chi connectivity index (χ3n) is 7.12. The Morgan fingerprint density at radius 3 is 2.40 bits per heavy atom. The predicted octanol–water partition coefficient (Wildman–Crippen LogP) is 5.68. The molecule has 5 rings (SSSR count). The number of non-ortho nitro benzene ring substituents is 1. The van der Waals surface area contributed by atoms with Gasteiger partial charge in [0.15, 0.2) is 0 Å². The average molecular weight is 560 g/mol. The van der Waals surface area contributed by atoms with E-state index in [9.17, 15) is 24.8 Å². The van der Waals surface area contributed by atoms with Gasteiger partial charge in [0, 0.05) is 30.8 Å². The maximum absolute atomic E-state index is 12.6. The molecule has 206 valence electrons. The molecule has 1 aliphatic heterocycles. The van der Waals surface area contributed by atoms with Gasteiger partial charge in [0.1, 0.15) is 12.4 Å². The molecule has 0 bridgehead atoms. The van der Waals surface area contributed by atoms with Crippen molar-refractivity contribution >= 4 is 22.9 Å². The number of benzene rings is 3. The van der Waals surface area contributed by atoms with Crippen LogP contribution in [0.5, 0.6) is 11.6 Å². The summed E-state index contributed by atoms with van der Waals surface area (Å²) in [6.07, 6.45) is 3.25. The number of hydrogen-bond donors (Lipinski definition) is 1. The Morgan fingerprint density at radius 2 is 1.75 bits per heavy atom. The average Bonchev–Trinajstić information content (AvgIpc) is 3.64. The first-order valence-electron chi connectivity index (χ1n) is 13.1. The van der Waals surface area contributed by atoms with E-state index in [1.54, 1.807) is 24.3 Å². The predicted molar refractivity (Wildman–Crippen MR) is 153 cm³/mol. The second-order valence-electron chi connectivity index (χ2n) is 9.76. The summed E-state index contributed by atoms with van der Waals surface area (Å²) in [6.45, 7) is 1.77. The Kier molecular flexibility index (Phi) is 8.26. The van der Waals surface area contributed by atoms with E-state index in [-0.39, 0.29) is 29.0 Å². The second kappa shape index (κ2) is 12.2. The molecule has 40 heavy (non-hydrogen) atoms. The molecule has 1 aliphatic rings. The third kappa shape index (κ3) is 6.23. The number of nitro benzene ring substituents is 1. The van der Waals surface area contributed by atoms with E-state index in [2.05, 4.69) is 0 Å². The van der Waals surface area contributed by atoms with E-state index in [4.69, 9.17) is 4.74 Å². The first-order chi connectivity index (χ1) is 19.4. The fourth-order valence-corrected chi connectivity index (χ4v) is 5.59. The minimum Gasteiger partial charge on any atom is -0.494 e. The van der Waals surface area contributed by atoms with Gasteiger partial charge < -0.3 is 14.7 Å². The molecule has 1 aromatic heterocycles. The van der Waals surface area contributed by atoms with Crippen LogP contribution in [0.2, 0.25) is 0 Å². The zero-order valence-electron chi connectivity index (χ0n) is 21.8. The molecule has 1 N–H and O–H groups in total. The molecule has 0 aliphatic carbocycles. The highest BCUT2D eigenvalue weighted by molar-refractivity contribution is 7.07. The summed E-state index contributed by atoms with van der Waals surface area (Å²) < 4.78 is 7.38. The lowest BCUT2D eigenvalue weighted by molar-refractivity contribution is -0.384. The first kappa shape index (κ1) is 27.1. The van der Waals surface area contributed by atoms with Crippen molar-refractivity contribution in [3.05, 3.63) is 109 Å². The van der Waals surface area contributed by atoms with Crippen molar-refractivity contribution in [2.45, 2.75) is 31.7 Å². The summed E-state index contributed by atoms with van der Waals surface area (Å²) in [6, 6.07) is 20.8. The highest BCUT2D eigenvalue weighted by Crippen LogP contribution is 2.27. The fraction of sp³-hybridized carbons (Fsp3) is 0.267. The van der Waals surface area contributed by atoms with Crippen LogP contribution >= 0.6 is 11.3 Å². The molecule has 0 spiro atoms. The Morgan fingerprint density at radius 1 is 1.02 bits per heavy atom. The van der Waals surface area contributed by atoms with Crippen molar-refractivity contribution in [2.75, 3.05) is 19.7 Å². The van der Waals surface area contributed by atoms with Gasteiger partial charge in [-0.05, 0) is 66.6 Å². The number of aromatic nitrogens is 1. The van der Waals surface area contributed by atoms with Crippen molar-refractivity contribution in [1.82, 2.24) is 9.47 Å². The van der Waals surface area contributed by atoms with E-state index in [1.807, 2.05) is 41.3 Å². The molecule has 9 nitrogen and oxygen atoms in total. The minimum absolute atomic E-state index is 0.0227. The lowest BCUT2D eigenvalue weighted by Crippen LogP contribution is -2.27. The van der Waals surface area contributed by atoms with Gasteiger partial charge in [0.25, 0.3) is 11.6 Å². The molecule has 0 radical (unpaired) electrons. The molecule has 1 fully saturated rings. The highest BCUT2D eigenvalue weighted by Gasteiger charge is 2.21. The molecule has 1 unspecified atom stereocenters. The van der Waals surface area contributed by atoms with E-state index < -0.39 is 11.0 Å². The van der Waals surface area contributed by atoms with Crippen LogP contribution < -0.4 is 9.61 Å². The van der Waals surface area contributed by atoms with Crippen LogP contribution in [0, 0.1) is 10.1 Å². The number of aryl methyl sites for hydroxylation is 1. The maximum Gasteiger partial charge on any atom is 0.310 e. The molecular weight excluding hydrogens is 530 g/mol. The van der Waals surface area contributed by atoms with Crippen LogP contribution in [0.3, 0.4) is 0 Å². The van der Waals surface area contributed by atoms with E-state index in [0.717, 1.165) is 54.0 Å². The third-order valence-corrected chi connectivity index (χ3v) is 7.85. The molecule has 1 amide bonds. The Hall–Kier alpha value is -4.44. The highest BCUT2D eigenvalue weighted by atomic mass is 32.1. The second-order valence-corrected chi connectivity index (χ2v) is 10.6. The van der Waals surface area contributed by atoms with Gasteiger partial charge >= 0.3 is 4.87 Å². The molecule has 1 saturated heterocycles. The van der Waals surface area contributed by atoms with Crippen LogP contribution in [0.15, 0.2) is 83.0 Å². The van der Waals surface area contributed by atoms with Gasteiger partial charge in [-0.25, -0.2) is 0 Å². The maximum atomic E-state index is 12.6. The first-order valence-corrected chi connectivity index (χ1v) is 14.0. The normalized spacial score (nSPS) is 13.8. The van der Waals surface area contributed by atoms with E-state index in [0.29, 0.717) is 24.2 Å². The zero-order valence-corrected chi connectivity index (χ0v) is 22.6. The van der Waals surface area contributed by atoms with Gasteiger partial charge in [0.05, 0.1) is 16.3 Å². The number of nitrogens with zero attached hydrogens (tertiary/aromatic N) is 3. The molecule has 0 saturated carbocycles. The zero-order chi connectivity index (χ0) is 28.1. The standard InChI is InChI=1S/C30H29N3O6S/c34-28-20-40-30(36)32(28)26(13-8-21-6-9-23(10-7-21)29(35)31-16-1-2-17-31)19-39-27-14-11-22(12-15-27)24-4-3-5-25(18-24)33(37)38/h3-7,9-12,14-15,18,20,26,34H,1-2,8,13,16-17,19H2. The fourth-order valence-electron chi connectivity index (χ4n) is 4.92. The summed E-state index contributed by atoms with van der Waals surface area (Å²) >= 11 is 0.934. The smallest absolute Gasteiger partial charge is 0.310 e. The van der Waals surface area contributed by atoms with Crippen molar-refractivity contribution in [3.63, 3.8) is 0 Å². The SMILES string of the molecule is O=C(c1ccc(CCC(COc2ccc(-c3cccc([N+](=O)[O-])c3)cc2)n2c(O)csc2=O)cc1)N1CCCC1. The largest absolute Gasteiger partial charge is 0.494 e. The summed E-state index contributed by atoms with van der Waals surface area (Å²) in [5.41, 5.74) is 3.25. The monoisotopic (exact) mass is 559 g/mol. The number of carbonyl (C=O) groups excluding carboxylic acids is 1. The van der Waals surface area contributed by atoms with E-state index >= 15 is 0 Å². The van der Waals surface area contributed by atoms with Crippen LogP contribution in [0.25, 0.3) is 11.1 Å². The van der Waals surface area contributed by atoms with Gasteiger partial charge in [-0.3, -0.25) is 24.3 Å². The molecule has 4 aromatic rings. The molecule has 3 aromatic carbocycles. The number of aromatic hydroxyl groups is 1. The van der Waals surface area contributed by atoms with Crippen molar-refractivity contribution < 1.29 is 19.6 Å². The van der Waals surface area contributed by atoms with Crippen molar-refractivity contribution in [2.24, 2.45) is 0 Å². The van der Waals surface area contributed by atoms with Crippen LogP contribution in [0.4, 0.5) is 5.69 Å². The number of likely N-dealkylation sites (tertiary alicyclic amines) is 1.